The molecule has 1 atom stereocenters. The molecule has 7 heteroatoms. The first-order chi connectivity index (χ1) is 9.58. The molecule has 0 radical (unpaired) electrons. The maximum absolute atomic E-state index is 12.0. The molecule has 0 bridgehead atoms. The van der Waals surface area contributed by atoms with Gasteiger partial charge in [0.1, 0.15) is 5.75 Å². The molecular weight excluding hydrogens is 330 g/mol. The summed E-state index contributed by atoms with van der Waals surface area (Å²) in [5.41, 5.74) is 0. The maximum atomic E-state index is 12.0. The molecule has 20 heavy (non-hydrogen) atoms. The third-order valence-corrected chi connectivity index (χ3v) is 3.39. The van der Waals surface area contributed by atoms with E-state index in [1.807, 2.05) is 6.07 Å². The molecular formula is C13H14BrNO5. The summed E-state index contributed by atoms with van der Waals surface area (Å²) in [6.45, 7) is 0.419. The molecule has 0 saturated carbocycles. The SMILES string of the molecule is O=C(O)[C@@H]1COCCN1C(=O)COc1cccc(Br)c1. The Bertz CT molecular complexity index is 507. The summed E-state index contributed by atoms with van der Waals surface area (Å²) in [6.07, 6.45) is 0. The number of rotatable bonds is 4. The largest absolute Gasteiger partial charge is 0.484 e. The number of halogens is 1. The molecule has 0 unspecified atom stereocenters. The standard InChI is InChI=1S/C13H14BrNO5/c14-9-2-1-3-10(6-9)20-8-12(16)15-4-5-19-7-11(15)13(17)18/h1-3,6,11H,4-5,7-8H2,(H,17,18)/t11-/m0/s1. The van der Waals surface area contributed by atoms with Crippen molar-refractivity contribution in [2.24, 2.45) is 0 Å². The summed E-state index contributed by atoms with van der Waals surface area (Å²) >= 11 is 3.30. The molecule has 1 aliphatic rings. The van der Waals surface area contributed by atoms with Gasteiger partial charge in [-0.15, -0.1) is 0 Å². The number of nitrogens with zero attached hydrogens (tertiary/aromatic N) is 1. The summed E-state index contributed by atoms with van der Waals surface area (Å²) in [5.74, 6) is -0.881. The van der Waals surface area contributed by atoms with Gasteiger partial charge in [-0.2, -0.15) is 0 Å². The highest BCUT2D eigenvalue weighted by atomic mass is 79.9. The van der Waals surface area contributed by atoms with Crippen LogP contribution >= 0.6 is 15.9 Å². The van der Waals surface area contributed by atoms with Gasteiger partial charge in [-0.05, 0) is 18.2 Å². The number of carboxylic acid groups (broad SMARTS) is 1. The third kappa shape index (κ3) is 3.71. The number of morpholine rings is 1. The van der Waals surface area contributed by atoms with E-state index >= 15 is 0 Å². The van der Waals surface area contributed by atoms with Crippen LogP contribution in [0.2, 0.25) is 0 Å². The monoisotopic (exact) mass is 343 g/mol. The van der Waals surface area contributed by atoms with Crippen LogP contribution in [0.15, 0.2) is 28.7 Å². The maximum Gasteiger partial charge on any atom is 0.328 e. The Morgan fingerprint density at radius 1 is 1.50 bits per heavy atom. The van der Waals surface area contributed by atoms with E-state index in [0.717, 1.165) is 4.47 Å². The number of hydrogen-bond acceptors (Lipinski definition) is 4. The Morgan fingerprint density at radius 2 is 2.30 bits per heavy atom. The van der Waals surface area contributed by atoms with Crippen LogP contribution in [0.1, 0.15) is 0 Å². The van der Waals surface area contributed by atoms with E-state index in [2.05, 4.69) is 15.9 Å². The van der Waals surface area contributed by atoms with Crippen LogP contribution in [0.4, 0.5) is 0 Å². The number of aliphatic carboxylic acids is 1. The summed E-state index contributed by atoms with van der Waals surface area (Å²) in [6, 6.07) is 6.16. The Kier molecular flexibility index (Phi) is 4.97. The van der Waals surface area contributed by atoms with Gasteiger partial charge in [0.15, 0.2) is 12.6 Å². The fraction of sp³-hybridized carbons (Fsp3) is 0.385. The molecule has 1 aromatic rings. The van der Waals surface area contributed by atoms with E-state index in [1.54, 1.807) is 18.2 Å². The van der Waals surface area contributed by atoms with Crippen molar-refractivity contribution < 1.29 is 24.2 Å². The lowest BCUT2D eigenvalue weighted by molar-refractivity contribution is -0.159. The van der Waals surface area contributed by atoms with Crippen molar-refractivity contribution in [3.63, 3.8) is 0 Å². The highest BCUT2D eigenvalue weighted by Gasteiger charge is 2.32. The molecule has 0 aromatic heterocycles. The van der Waals surface area contributed by atoms with Gasteiger partial charge in [-0.1, -0.05) is 22.0 Å². The smallest absolute Gasteiger partial charge is 0.328 e. The molecule has 2 rings (SSSR count). The average molecular weight is 344 g/mol. The van der Waals surface area contributed by atoms with E-state index in [9.17, 15) is 9.59 Å². The molecule has 1 N–H and O–H groups in total. The van der Waals surface area contributed by atoms with Crippen LogP contribution in [-0.2, 0) is 14.3 Å². The van der Waals surface area contributed by atoms with Gasteiger partial charge < -0.3 is 19.5 Å². The summed E-state index contributed by atoms with van der Waals surface area (Å²) in [7, 11) is 0. The second-order valence-electron chi connectivity index (χ2n) is 4.26. The number of carboxylic acids is 1. The van der Waals surface area contributed by atoms with Gasteiger partial charge in [0.05, 0.1) is 13.2 Å². The van der Waals surface area contributed by atoms with Crippen molar-refractivity contribution in [2.75, 3.05) is 26.4 Å². The molecule has 6 nitrogen and oxygen atoms in total. The van der Waals surface area contributed by atoms with Crippen LogP contribution in [0.25, 0.3) is 0 Å². The Balaban J connectivity index is 1.95. The Labute approximate surface area is 124 Å². The first kappa shape index (κ1) is 14.8. The van der Waals surface area contributed by atoms with E-state index in [1.165, 1.54) is 4.90 Å². The van der Waals surface area contributed by atoms with Crippen molar-refractivity contribution >= 4 is 27.8 Å². The molecule has 1 amide bonds. The molecule has 108 valence electrons. The van der Waals surface area contributed by atoms with Gasteiger partial charge >= 0.3 is 5.97 Å². The number of carbonyl (C=O) groups is 2. The summed E-state index contributed by atoms with van der Waals surface area (Å²) < 4.78 is 11.3. The molecule has 1 heterocycles. The van der Waals surface area contributed by atoms with Gasteiger partial charge in [-0.3, -0.25) is 4.79 Å². The molecule has 0 aliphatic carbocycles. The van der Waals surface area contributed by atoms with Gasteiger partial charge in [0.25, 0.3) is 5.91 Å². The van der Waals surface area contributed by atoms with E-state index in [4.69, 9.17) is 14.6 Å². The molecule has 1 aliphatic heterocycles. The van der Waals surface area contributed by atoms with Crippen LogP contribution in [0.3, 0.4) is 0 Å². The lowest BCUT2D eigenvalue weighted by atomic mass is 10.2. The minimum Gasteiger partial charge on any atom is -0.484 e. The van der Waals surface area contributed by atoms with Gasteiger partial charge in [-0.25, -0.2) is 4.79 Å². The number of amides is 1. The highest BCUT2D eigenvalue weighted by molar-refractivity contribution is 9.10. The van der Waals surface area contributed by atoms with E-state index < -0.39 is 12.0 Å². The number of hydrogen-bond donors (Lipinski definition) is 1. The fourth-order valence-corrected chi connectivity index (χ4v) is 2.27. The molecule has 1 aromatic carbocycles. The molecule has 1 fully saturated rings. The zero-order valence-corrected chi connectivity index (χ0v) is 12.2. The second-order valence-corrected chi connectivity index (χ2v) is 5.18. The summed E-state index contributed by atoms with van der Waals surface area (Å²) in [4.78, 5) is 24.4. The summed E-state index contributed by atoms with van der Waals surface area (Å²) in [5, 5.41) is 9.06. The van der Waals surface area contributed by atoms with Gasteiger partial charge in [0.2, 0.25) is 0 Å². The second kappa shape index (κ2) is 6.71. The lowest BCUT2D eigenvalue weighted by Gasteiger charge is -2.32. The van der Waals surface area contributed by atoms with Crippen LogP contribution in [0, 0.1) is 0 Å². The highest BCUT2D eigenvalue weighted by Crippen LogP contribution is 2.18. The Morgan fingerprint density at radius 3 is 3.00 bits per heavy atom. The first-order valence-corrected chi connectivity index (χ1v) is 6.85. The number of carbonyl (C=O) groups excluding carboxylic acids is 1. The number of ether oxygens (including phenoxy) is 2. The van der Waals surface area contributed by atoms with E-state index in [-0.39, 0.29) is 25.7 Å². The number of benzene rings is 1. The van der Waals surface area contributed by atoms with Crippen molar-refractivity contribution in [1.82, 2.24) is 4.90 Å². The average Bonchev–Trinajstić information content (AvgIpc) is 2.45. The van der Waals surface area contributed by atoms with Crippen molar-refractivity contribution in [3.05, 3.63) is 28.7 Å². The molecule has 0 spiro atoms. The zero-order valence-electron chi connectivity index (χ0n) is 10.6. The van der Waals surface area contributed by atoms with Crippen molar-refractivity contribution in [3.8, 4) is 5.75 Å². The minimum atomic E-state index is -1.07. The minimum absolute atomic E-state index is 0.0119. The first-order valence-electron chi connectivity index (χ1n) is 6.06. The van der Waals surface area contributed by atoms with Crippen molar-refractivity contribution in [1.29, 1.82) is 0 Å². The fourth-order valence-electron chi connectivity index (χ4n) is 1.89. The van der Waals surface area contributed by atoms with Crippen LogP contribution in [-0.4, -0.2) is 54.3 Å². The predicted octanol–water partition coefficient (Wildman–Crippen LogP) is 1.14. The van der Waals surface area contributed by atoms with Gasteiger partial charge in [0, 0.05) is 11.0 Å². The van der Waals surface area contributed by atoms with Crippen LogP contribution < -0.4 is 4.74 Å². The Hall–Kier alpha value is -1.60. The van der Waals surface area contributed by atoms with Crippen LogP contribution in [0.5, 0.6) is 5.75 Å². The zero-order chi connectivity index (χ0) is 14.5. The van der Waals surface area contributed by atoms with Crippen molar-refractivity contribution in [2.45, 2.75) is 6.04 Å². The topological polar surface area (TPSA) is 76.1 Å². The predicted molar refractivity (Wildman–Crippen MR) is 73.6 cm³/mol. The normalized spacial score (nSPS) is 18.6. The third-order valence-electron chi connectivity index (χ3n) is 2.89. The quantitative estimate of drug-likeness (QED) is 0.887. The molecule has 1 saturated heterocycles. The van der Waals surface area contributed by atoms with E-state index in [0.29, 0.717) is 12.4 Å². The lowest BCUT2D eigenvalue weighted by Crippen LogP contribution is -2.53.